The molecular weight excluding hydrogens is 288 g/mol. The van der Waals surface area contributed by atoms with Crippen LogP contribution < -0.4 is 10.1 Å². The third-order valence-electron chi connectivity index (χ3n) is 4.27. The summed E-state index contributed by atoms with van der Waals surface area (Å²) in [5.74, 6) is 0.0119. The molecule has 3 rings (SSSR count). The van der Waals surface area contributed by atoms with E-state index in [4.69, 9.17) is 21.7 Å². The zero-order chi connectivity index (χ0) is 15.2. The van der Waals surface area contributed by atoms with E-state index in [0.717, 1.165) is 11.3 Å². The number of para-hydroxylation sites is 1. The largest absolute Gasteiger partial charge is 0.467 e. The maximum absolute atomic E-state index is 12.5. The Bertz CT molecular complexity index is 606. The Morgan fingerprint density at radius 2 is 2.24 bits per heavy atom. The maximum Gasteiger partial charge on any atom is 0.317 e. The lowest BCUT2D eigenvalue weighted by Crippen LogP contribution is -2.70. The number of carbonyl (C=O) groups is 1. The second kappa shape index (κ2) is 4.87. The molecule has 0 aromatic heterocycles. The summed E-state index contributed by atoms with van der Waals surface area (Å²) < 4.78 is 11.4. The molecule has 112 valence electrons. The number of fused-ring (bicyclic) bond motifs is 4. The highest BCUT2D eigenvalue weighted by molar-refractivity contribution is 7.80. The number of rotatable bonds is 2. The van der Waals surface area contributed by atoms with Crippen molar-refractivity contribution in [2.45, 2.75) is 25.6 Å². The molecule has 1 saturated heterocycles. The van der Waals surface area contributed by atoms with Gasteiger partial charge < -0.3 is 19.7 Å². The van der Waals surface area contributed by atoms with E-state index in [1.165, 1.54) is 0 Å². The number of ether oxygens (including phenoxy) is 2. The van der Waals surface area contributed by atoms with Crippen molar-refractivity contribution in [3.05, 3.63) is 29.8 Å². The summed E-state index contributed by atoms with van der Waals surface area (Å²) in [5.41, 5.74) is 0.0802. The molecule has 0 amide bonds. The number of carbonyl (C=O) groups excluding carboxylic acids is 1. The molecule has 1 fully saturated rings. The molecule has 0 radical (unpaired) electrons. The fourth-order valence-corrected chi connectivity index (χ4v) is 3.37. The Morgan fingerprint density at radius 3 is 2.95 bits per heavy atom. The van der Waals surface area contributed by atoms with Crippen LogP contribution in [0.4, 0.5) is 0 Å². The minimum Gasteiger partial charge on any atom is -0.467 e. The molecule has 21 heavy (non-hydrogen) atoms. The second-order valence-corrected chi connectivity index (χ2v) is 5.80. The number of hydrogen-bond acceptors (Lipinski definition) is 4. The van der Waals surface area contributed by atoms with Crippen molar-refractivity contribution in [1.82, 2.24) is 10.2 Å². The molecule has 2 bridgehead atoms. The van der Waals surface area contributed by atoms with E-state index in [9.17, 15) is 4.79 Å². The van der Waals surface area contributed by atoms with Gasteiger partial charge in [0.2, 0.25) is 0 Å². The van der Waals surface area contributed by atoms with Crippen molar-refractivity contribution in [1.29, 1.82) is 0 Å². The van der Waals surface area contributed by atoms with E-state index in [1.807, 2.05) is 38.2 Å². The van der Waals surface area contributed by atoms with Crippen molar-refractivity contribution in [3.63, 3.8) is 0 Å². The van der Waals surface area contributed by atoms with Crippen LogP contribution in [0.5, 0.6) is 5.75 Å². The Balaban J connectivity index is 2.13. The lowest BCUT2D eigenvalue weighted by Gasteiger charge is -2.54. The molecule has 3 atom stereocenters. The van der Waals surface area contributed by atoms with Crippen molar-refractivity contribution in [2.75, 3.05) is 13.7 Å². The van der Waals surface area contributed by atoms with E-state index in [0.29, 0.717) is 11.7 Å². The van der Waals surface area contributed by atoms with E-state index < -0.39 is 11.6 Å². The third kappa shape index (κ3) is 1.97. The minimum absolute atomic E-state index is 0.234. The normalized spacial score (nSPS) is 30.0. The van der Waals surface area contributed by atoms with E-state index >= 15 is 0 Å². The van der Waals surface area contributed by atoms with Crippen molar-refractivity contribution >= 4 is 23.3 Å². The zero-order valence-electron chi connectivity index (χ0n) is 12.3. The molecule has 1 aromatic carbocycles. The Hall–Kier alpha value is -1.82. The van der Waals surface area contributed by atoms with Gasteiger partial charge in [0.25, 0.3) is 0 Å². The van der Waals surface area contributed by atoms with Crippen molar-refractivity contribution in [2.24, 2.45) is 5.92 Å². The van der Waals surface area contributed by atoms with Gasteiger partial charge in [0.15, 0.2) is 10.8 Å². The number of nitrogens with zero attached hydrogens (tertiary/aromatic N) is 1. The highest BCUT2D eigenvalue weighted by Gasteiger charge is 2.58. The molecule has 1 aromatic rings. The van der Waals surface area contributed by atoms with E-state index in [-0.39, 0.29) is 12.0 Å². The molecule has 2 aliphatic heterocycles. The highest BCUT2D eigenvalue weighted by Crippen LogP contribution is 2.47. The third-order valence-corrected chi connectivity index (χ3v) is 4.66. The lowest BCUT2D eigenvalue weighted by atomic mass is 9.80. The summed E-state index contributed by atoms with van der Waals surface area (Å²) >= 11 is 5.37. The van der Waals surface area contributed by atoms with E-state index in [1.54, 1.807) is 11.8 Å². The quantitative estimate of drug-likeness (QED) is 0.664. The molecule has 2 aliphatic rings. The van der Waals surface area contributed by atoms with Crippen molar-refractivity contribution in [3.8, 4) is 5.75 Å². The summed E-state index contributed by atoms with van der Waals surface area (Å²) in [6, 6.07) is 7.47. The smallest absolute Gasteiger partial charge is 0.317 e. The lowest BCUT2D eigenvalue weighted by molar-refractivity contribution is -0.173. The van der Waals surface area contributed by atoms with Crippen LogP contribution in [0.2, 0.25) is 0 Å². The fourth-order valence-electron chi connectivity index (χ4n) is 3.06. The first-order valence-electron chi connectivity index (χ1n) is 6.98. The van der Waals surface area contributed by atoms with Crippen LogP contribution in [0.25, 0.3) is 0 Å². The van der Waals surface area contributed by atoms with Crippen LogP contribution in [0.3, 0.4) is 0 Å². The summed E-state index contributed by atoms with van der Waals surface area (Å²) in [4.78, 5) is 14.3. The first kappa shape index (κ1) is 14.1. The van der Waals surface area contributed by atoms with Gasteiger partial charge in [-0.2, -0.15) is 0 Å². The van der Waals surface area contributed by atoms with Gasteiger partial charge in [-0.3, -0.25) is 4.79 Å². The number of hydrogen-bond donors (Lipinski definition) is 1. The Morgan fingerprint density at radius 1 is 1.52 bits per heavy atom. The monoisotopic (exact) mass is 306 g/mol. The predicted molar refractivity (Wildman–Crippen MR) is 81.8 cm³/mol. The molecule has 0 aliphatic carbocycles. The van der Waals surface area contributed by atoms with Gasteiger partial charge in [0.1, 0.15) is 11.7 Å². The first-order chi connectivity index (χ1) is 9.99. The van der Waals surface area contributed by atoms with Crippen LogP contribution in [0.1, 0.15) is 25.5 Å². The van der Waals surface area contributed by atoms with Crippen LogP contribution in [0.15, 0.2) is 24.3 Å². The van der Waals surface area contributed by atoms with Crippen molar-refractivity contribution < 1.29 is 14.3 Å². The summed E-state index contributed by atoms with van der Waals surface area (Å²) in [7, 11) is 1.83. The molecular formula is C15H18N2O3S. The predicted octanol–water partition coefficient (Wildman–Crippen LogP) is 1.84. The van der Waals surface area contributed by atoms with Gasteiger partial charge in [-0.1, -0.05) is 18.2 Å². The average molecular weight is 306 g/mol. The Labute approximate surface area is 129 Å². The van der Waals surface area contributed by atoms with Crippen LogP contribution >= 0.6 is 12.2 Å². The number of benzene rings is 1. The van der Waals surface area contributed by atoms with Crippen LogP contribution in [-0.4, -0.2) is 35.4 Å². The highest BCUT2D eigenvalue weighted by atomic mass is 32.1. The summed E-state index contributed by atoms with van der Waals surface area (Å²) in [6.07, 6.45) is 0. The van der Waals surface area contributed by atoms with E-state index in [2.05, 4.69) is 5.32 Å². The van der Waals surface area contributed by atoms with Gasteiger partial charge >= 0.3 is 5.97 Å². The van der Waals surface area contributed by atoms with Gasteiger partial charge in [-0.25, -0.2) is 0 Å². The summed E-state index contributed by atoms with van der Waals surface area (Å²) in [5, 5.41) is 3.81. The molecule has 1 N–H and O–H groups in total. The number of nitrogens with one attached hydrogen (secondary N) is 1. The summed E-state index contributed by atoms with van der Waals surface area (Å²) in [6.45, 7) is 4.02. The Kier molecular flexibility index (Phi) is 3.28. The topological polar surface area (TPSA) is 50.8 Å². The maximum atomic E-state index is 12.5. The minimum atomic E-state index is -0.854. The molecule has 5 nitrogen and oxygen atoms in total. The van der Waals surface area contributed by atoms with Gasteiger partial charge in [-0.05, 0) is 32.1 Å². The van der Waals surface area contributed by atoms with Gasteiger partial charge in [0, 0.05) is 12.6 Å². The molecule has 6 heteroatoms. The average Bonchev–Trinajstić information content (AvgIpc) is 2.45. The van der Waals surface area contributed by atoms with Gasteiger partial charge in [-0.15, -0.1) is 0 Å². The number of thiocarbonyl (C=S) groups is 1. The molecule has 0 saturated carbocycles. The van der Waals surface area contributed by atoms with Crippen LogP contribution in [0, 0.1) is 5.92 Å². The first-order valence-corrected chi connectivity index (χ1v) is 7.38. The van der Waals surface area contributed by atoms with Crippen LogP contribution in [-0.2, 0) is 9.53 Å². The second-order valence-electron chi connectivity index (χ2n) is 5.41. The SMILES string of the molecule is CCOC(=O)[C@H]1[C@H]2NC(=S)N(C)[C@@]1(C)Oc1ccccc12. The fraction of sp³-hybridized carbons (Fsp3) is 0.467. The van der Waals surface area contributed by atoms with Gasteiger partial charge in [0.05, 0.1) is 12.6 Å². The molecule has 0 spiro atoms. The molecule has 2 heterocycles. The zero-order valence-corrected chi connectivity index (χ0v) is 13.1. The number of esters is 1. The molecule has 0 unspecified atom stereocenters. The standard InChI is InChI=1S/C15H18N2O3S/c1-4-19-13(18)11-12-9-7-5-6-8-10(9)20-15(11,2)17(3)14(21)16-12/h5-8,11-12H,4H2,1-3H3,(H,16,21)/t11-,12+,15+/m1/s1.